The topological polar surface area (TPSA) is 70.0 Å². The number of nitrogens with one attached hydrogen (secondary N) is 2. The number of thiocarbonyl (C=S) groups is 1. The fourth-order valence-electron chi connectivity index (χ4n) is 0.788. The van der Waals surface area contributed by atoms with E-state index >= 15 is 0 Å². The van der Waals surface area contributed by atoms with Crippen LogP contribution in [0.1, 0.15) is 0 Å². The molecule has 0 fully saturated rings. The number of ether oxygens (including phenoxy) is 1. The Morgan fingerprint density at radius 2 is 2.43 bits per heavy atom. The lowest BCUT2D eigenvalue weighted by Crippen LogP contribution is -2.23. The minimum absolute atomic E-state index is 0.236. The number of pyridine rings is 1. The SMILES string of the molecule is COc1ccc(NC(=S)NC#N)cn1. The average molecular weight is 208 g/mol. The lowest BCUT2D eigenvalue weighted by atomic mass is 10.4. The Hall–Kier alpha value is -1.87. The van der Waals surface area contributed by atoms with Crippen LogP contribution in [0.3, 0.4) is 0 Å². The van der Waals surface area contributed by atoms with E-state index in [2.05, 4.69) is 15.6 Å². The third-order valence-electron chi connectivity index (χ3n) is 1.37. The Balaban J connectivity index is 2.60. The van der Waals surface area contributed by atoms with Crippen LogP contribution in [-0.2, 0) is 0 Å². The Morgan fingerprint density at radius 3 is 2.93 bits per heavy atom. The van der Waals surface area contributed by atoms with E-state index in [1.807, 2.05) is 0 Å². The molecule has 1 heterocycles. The van der Waals surface area contributed by atoms with Crippen molar-refractivity contribution in [1.29, 1.82) is 5.26 Å². The van der Waals surface area contributed by atoms with Crippen LogP contribution in [0.5, 0.6) is 5.88 Å². The second-order valence-electron chi connectivity index (χ2n) is 2.28. The van der Waals surface area contributed by atoms with Crippen LogP contribution in [0, 0.1) is 11.5 Å². The molecule has 1 rings (SSSR count). The lowest BCUT2D eigenvalue weighted by Gasteiger charge is -2.05. The molecule has 1 aromatic rings. The van der Waals surface area contributed by atoms with Crippen molar-refractivity contribution < 1.29 is 4.74 Å². The summed E-state index contributed by atoms with van der Waals surface area (Å²) in [5.74, 6) is 0.523. The summed E-state index contributed by atoms with van der Waals surface area (Å²) in [6.45, 7) is 0. The number of nitriles is 1. The Morgan fingerprint density at radius 1 is 1.64 bits per heavy atom. The van der Waals surface area contributed by atoms with Gasteiger partial charge in [0, 0.05) is 6.07 Å². The predicted octanol–water partition coefficient (Wildman–Crippen LogP) is 0.858. The fourth-order valence-corrected chi connectivity index (χ4v) is 0.952. The summed E-state index contributed by atoms with van der Waals surface area (Å²) in [5.41, 5.74) is 0.693. The monoisotopic (exact) mass is 208 g/mol. The van der Waals surface area contributed by atoms with Gasteiger partial charge in [-0.15, -0.1) is 0 Å². The number of anilines is 1. The maximum Gasteiger partial charge on any atom is 0.213 e. The number of nitrogens with zero attached hydrogens (tertiary/aromatic N) is 2. The molecule has 0 radical (unpaired) electrons. The van der Waals surface area contributed by atoms with E-state index in [0.29, 0.717) is 11.6 Å². The largest absolute Gasteiger partial charge is 0.481 e. The highest BCUT2D eigenvalue weighted by atomic mass is 32.1. The van der Waals surface area contributed by atoms with E-state index in [1.165, 1.54) is 7.11 Å². The van der Waals surface area contributed by atoms with Gasteiger partial charge in [0.25, 0.3) is 0 Å². The first-order valence-corrected chi connectivity index (χ1v) is 4.13. The molecule has 5 nitrogen and oxygen atoms in total. The molecule has 14 heavy (non-hydrogen) atoms. The molecule has 0 bridgehead atoms. The molecular formula is C8H8N4OS. The summed E-state index contributed by atoms with van der Waals surface area (Å²) in [7, 11) is 1.54. The molecule has 0 atom stereocenters. The molecule has 1 aromatic heterocycles. The van der Waals surface area contributed by atoms with Crippen LogP contribution in [-0.4, -0.2) is 17.2 Å². The average Bonchev–Trinajstić information content (AvgIpc) is 2.19. The molecule has 0 saturated heterocycles. The van der Waals surface area contributed by atoms with Crippen LogP contribution in [0.2, 0.25) is 0 Å². The van der Waals surface area contributed by atoms with E-state index in [0.717, 1.165) is 0 Å². The van der Waals surface area contributed by atoms with Crippen LogP contribution < -0.4 is 15.4 Å². The van der Waals surface area contributed by atoms with Gasteiger partial charge in [-0.05, 0) is 18.3 Å². The first-order chi connectivity index (χ1) is 6.76. The maximum atomic E-state index is 8.27. The van der Waals surface area contributed by atoms with E-state index in [4.69, 9.17) is 22.2 Å². The highest BCUT2D eigenvalue weighted by molar-refractivity contribution is 7.80. The van der Waals surface area contributed by atoms with Crippen LogP contribution >= 0.6 is 12.2 Å². The van der Waals surface area contributed by atoms with E-state index < -0.39 is 0 Å². The molecule has 0 aliphatic rings. The number of methoxy groups -OCH3 is 1. The molecule has 0 aliphatic heterocycles. The fraction of sp³-hybridized carbons (Fsp3) is 0.125. The minimum Gasteiger partial charge on any atom is -0.481 e. The smallest absolute Gasteiger partial charge is 0.213 e. The van der Waals surface area contributed by atoms with E-state index in [9.17, 15) is 0 Å². The summed E-state index contributed by atoms with van der Waals surface area (Å²) >= 11 is 4.79. The minimum atomic E-state index is 0.236. The van der Waals surface area contributed by atoms with Gasteiger partial charge in [-0.3, -0.25) is 5.32 Å². The number of aromatic nitrogens is 1. The third-order valence-corrected chi connectivity index (χ3v) is 1.58. The molecule has 0 saturated carbocycles. The third kappa shape index (κ3) is 2.88. The summed E-state index contributed by atoms with van der Waals surface area (Å²) < 4.78 is 4.88. The van der Waals surface area contributed by atoms with Crippen molar-refractivity contribution in [2.45, 2.75) is 0 Å². The van der Waals surface area contributed by atoms with Gasteiger partial charge in [-0.1, -0.05) is 0 Å². The van der Waals surface area contributed by atoms with Crippen molar-refractivity contribution in [2.75, 3.05) is 12.4 Å². The first-order valence-electron chi connectivity index (χ1n) is 3.72. The molecule has 0 amide bonds. The Bertz CT molecular complexity index is 357. The van der Waals surface area contributed by atoms with Gasteiger partial charge < -0.3 is 10.1 Å². The van der Waals surface area contributed by atoms with Crippen LogP contribution in [0.4, 0.5) is 5.69 Å². The zero-order valence-electron chi connectivity index (χ0n) is 7.44. The van der Waals surface area contributed by atoms with Crippen molar-refractivity contribution in [2.24, 2.45) is 0 Å². The zero-order chi connectivity index (χ0) is 10.4. The normalized spacial score (nSPS) is 8.57. The number of hydrogen-bond acceptors (Lipinski definition) is 4. The molecule has 72 valence electrons. The van der Waals surface area contributed by atoms with Gasteiger partial charge in [0.05, 0.1) is 19.0 Å². The summed E-state index contributed by atoms with van der Waals surface area (Å²) in [6.07, 6.45) is 3.27. The molecule has 0 unspecified atom stereocenters. The van der Waals surface area contributed by atoms with Crippen molar-refractivity contribution in [3.05, 3.63) is 18.3 Å². The standard InChI is InChI=1S/C8H8N4OS/c1-13-7-3-2-6(4-10-7)12-8(14)11-5-9/h2-4H,1H3,(H2,11,12,14). The highest BCUT2D eigenvalue weighted by Crippen LogP contribution is 2.10. The Kier molecular flexibility index (Phi) is 3.64. The van der Waals surface area contributed by atoms with Gasteiger partial charge in [0.1, 0.15) is 0 Å². The van der Waals surface area contributed by atoms with Gasteiger partial charge in [0.15, 0.2) is 11.3 Å². The molecule has 2 N–H and O–H groups in total. The number of rotatable bonds is 2. The molecule has 0 spiro atoms. The zero-order valence-corrected chi connectivity index (χ0v) is 8.26. The van der Waals surface area contributed by atoms with Crippen LogP contribution in [0.15, 0.2) is 18.3 Å². The number of hydrogen-bond donors (Lipinski definition) is 2. The van der Waals surface area contributed by atoms with E-state index in [1.54, 1.807) is 24.5 Å². The quantitative estimate of drug-likeness (QED) is 0.427. The highest BCUT2D eigenvalue weighted by Gasteiger charge is 1.97. The van der Waals surface area contributed by atoms with Crippen molar-refractivity contribution in [1.82, 2.24) is 10.3 Å². The second-order valence-corrected chi connectivity index (χ2v) is 2.69. The summed E-state index contributed by atoms with van der Waals surface area (Å²) in [6, 6.07) is 3.44. The van der Waals surface area contributed by atoms with Crippen molar-refractivity contribution >= 4 is 23.0 Å². The van der Waals surface area contributed by atoms with Crippen molar-refractivity contribution in [3.8, 4) is 12.1 Å². The first kappa shape index (κ1) is 10.2. The lowest BCUT2D eigenvalue weighted by molar-refractivity contribution is 0.398. The van der Waals surface area contributed by atoms with Crippen molar-refractivity contribution in [3.63, 3.8) is 0 Å². The molecule has 6 heteroatoms. The predicted molar refractivity (Wildman–Crippen MR) is 55.8 cm³/mol. The summed E-state index contributed by atoms with van der Waals surface area (Å²) in [4.78, 5) is 3.96. The van der Waals surface area contributed by atoms with Crippen LogP contribution in [0.25, 0.3) is 0 Å². The molecule has 0 aromatic carbocycles. The maximum absolute atomic E-state index is 8.27. The molecule has 0 aliphatic carbocycles. The van der Waals surface area contributed by atoms with E-state index in [-0.39, 0.29) is 5.11 Å². The summed E-state index contributed by atoms with van der Waals surface area (Å²) in [5, 5.41) is 13.6. The second kappa shape index (κ2) is 4.99. The Labute approximate surface area is 86.7 Å². The van der Waals surface area contributed by atoms with Gasteiger partial charge in [-0.25, -0.2) is 4.98 Å². The van der Waals surface area contributed by atoms with Gasteiger partial charge in [0.2, 0.25) is 5.88 Å². The molecular weight excluding hydrogens is 200 g/mol. The van der Waals surface area contributed by atoms with Gasteiger partial charge >= 0.3 is 0 Å². The van der Waals surface area contributed by atoms with Gasteiger partial charge in [-0.2, -0.15) is 5.26 Å².